The number of sulfonamides is 1. The molecular formula is C23H20N4O4S. The van der Waals surface area contributed by atoms with Gasteiger partial charge in [0.05, 0.1) is 23.0 Å². The first-order chi connectivity index (χ1) is 15.5. The third kappa shape index (κ3) is 3.46. The van der Waals surface area contributed by atoms with Gasteiger partial charge in [-0.2, -0.15) is 0 Å². The lowest BCUT2D eigenvalue weighted by Gasteiger charge is -2.15. The van der Waals surface area contributed by atoms with E-state index in [1.165, 1.54) is 19.2 Å². The molecule has 9 heteroatoms. The summed E-state index contributed by atoms with van der Waals surface area (Å²) in [6, 6.07) is 20.3. The zero-order valence-corrected chi connectivity index (χ0v) is 18.0. The predicted octanol–water partition coefficient (Wildman–Crippen LogP) is 3.51. The van der Waals surface area contributed by atoms with E-state index in [0.717, 1.165) is 11.0 Å². The number of aromatic nitrogens is 2. The molecule has 1 amide bonds. The van der Waals surface area contributed by atoms with Gasteiger partial charge in [-0.05, 0) is 54.6 Å². The van der Waals surface area contributed by atoms with E-state index >= 15 is 0 Å². The summed E-state index contributed by atoms with van der Waals surface area (Å²) in [5.41, 5.74) is 2.47. The van der Waals surface area contributed by atoms with Gasteiger partial charge >= 0.3 is 0 Å². The molecule has 1 N–H and O–H groups in total. The zero-order chi connectivity index (χ0) is 22.3. The minimum atomic E-state index is -3.88. The summed E-state index contributed by atoms with van der Waals surface area (Å²) in [6.45, 7) is 1.12. The topological polar surface area (TPSA) is 93.5 Å². The molecule has 1 aliphatic rings. The second-order valence-corrected chi connectivity index (χ2v) is 9.05. The van der Waals surface area contributed by atoms with Gasteiger partial charge in [-0.1, -0.05) is 18.2 Å². The molecule has 0 aliphatic carbocycles. The molecule has 0 saturated carbocycles. The monoisotopic (exact) mass is 448 g/mol. The molecule has 5 rings (SSSR count). The maximum atomic E-state index is 13.2. The van der Waals surface area contributed by atoms with Gasteiger partial charge in [0.15, 0.2) is 0 Å². The Hall–Kier alpha value is -3.85. The molecule has 0 unspecified atom stereocenters. The molecule has 0 fully saturated rings. The lowest BCUT2D eigenvalue weighted by Crippen LogP contribution is -2.29. The Morgan fingerprint density at radius 1 is 1.00 bits per heavy atom. The van der Waals surface area contributed by atoms with E-state index in [1.54, 1.807) is 41.3 Å². The SMILES string of the molecule is COc1ccc(NS(=O)(=O)c2cccc(C(=O)N3CCn4c3nc3ccccc34)c2)cc1. The van der Waals surface area contributed by atoms with Crippen LogP contribution in [0.3, 0.4) is 0 Å². The number of fused-ring (bicyclic) bond motifs is 3. The summed E-state index contributed by atoms with van der Waals surface area (Å²) in [7, 11) is -2.34. The van der Waals surface area contributed by atoms with Crippen LogP contribution in [0, 0.1) is 0 Å². The van der Waals surface area contributed by atoms with Crippen LogP contribution in [0.2, 0.25) is 0 Å². The fourth-order valence-electron chi connectivity index (χ4n) is 3.81. The number of hydrogen-bond acceptors (Lipinski definition) is 5. The largest absolute Gasteiger partial charge is 0.497 e. The van der Waals surface area contributed by atoms with Gasteiger partial charge in [0.2, 0.25) is 5.95 Å². The minimum Gasteiger partial charge on any atom is -0.497 e. The first-order valence-electron chi connectivity index (χ1n) is 10.0. The van der Waals surface area contributed by atoms with Crippen LogP contribution in [0.25, 0.3) is 11.0 Å². The molecular weight excluding hydrogens is 428 g/mol. The summed E-state index contributed by atoms with van der Waals surface area (Å²) in [6.07, 6.45) is 0. The third-order valence-corrected chi connectivity index (χ3v) is 6.78. The van der Waals surface area contributed by atoms with E-state index in [0.29, 0.717) is 30.5 Å². The fourth-order valence-corrected chi connectivity index (χ4v) is 4.91. The van der Waals surface area contributed by atoms with Crippen molar-refractivity contribution in [1.82, 2.24) is 9.55 Å². The number of nitrogens with one attached hydrogen (secondary N) is 1. The van der Waals surface area contributed by atoms with Gasteiger partial charge in [0, 0.05) is 24.3 Å². The van der Waals surface area contributed by atoms with Gasteiger partial charge in [0.1, 0.15) is 5.75 Å². The second kappa shape index (κ2) is 7.69. The first kappa shape index (κ1) is 20.1. The number of imidazole rings is 1. The van der Waals surface area contributed by atoms with Crippen molar-refractivity contribution in [1.29, 1.82) is 0 Å². The van der Waals surface area contributed by atoms with E-state index in [4.69, 9.17) is 4.74 Å². The molecule has 2 heterocycles. The molecule has 0 radical (unpaired) electrons. The van der Waals surface area contributed by atoms with Crippen molar-refractivity contribution in [2.24, 2.45) is 0 Å². The molecule has 0 spiro atoms. The predicted molar refractivity (Wildman–Crippen MR) is 122 cm³/mol. The lowest BCUT2D eigenvalue weighted by molar-refractivity contribution is 0.0988. The molecule has 8 nitrogen and oxygen atoms in total. The van der Waals surface area contributed by atoms with Crippen molar-refractivity contribution in [2.75, 3.05) is 23.3 Å². The van der Waals surface area contributed by atoms with Crippen LogP contribution in [-0.4, -0.2) is 37.5 Å². The summed E-state index contributed by atoms with van der Waals surface area (Å²) in [5.74, 6) is 0.901. The van der Waals surface area contributed by atoms with Crippen LogP contribution in [0.4, 0.5) is 11.6 Å². The number of amides is 1. The molecule has 0 saturated heterocycles. The highest BCUT2D eigenvalue weighted by Crippen LogP contribution is 2.29. The highest BCUT2D eigenvalue weighted by atomic mass is 32.2. The van der Waals surface area contributed by atoms with Gasteiger partial charge < -0.3 is 9.30 Å². The number of benzene rings is 3. The number of hydrogen-bond donors (Lipinski definition) is 1. The average molecular weight is 449 g/mol. The second-order valence-electron chi connectivity index (χ2n) is 7.37. The Bertz CT molecular complexity index is 1430. The molecule has 0 bridgehead atoms. The van der Waals surface area contributed by atoms with Crippen LogP contribution in [0.1, 0.15) is 10.4 Å². The van der Waals surface area contributed by atoms with Crippen molar-refractivity contribution < 1.29 is 17.9 Å². The normalized spacial score (nSPS) is 13.2. The van der Waals surface area contributed by atoms with Gasteiger partial charge in [0.25, 0.3) is 15.9 Å². The molecule has 1 aromatic heterocycles. The van der Waals surface area contributed by atoms with Crippen molar-refractivity contribution in [3.63, 3.8) is 0 Å². The number of methoxy groups -OCH3 is 1. The minimum absolute atomic E-state index is 0.00636. The number of anilines is 2. The Balaban J connectivity index is 1.42. The molecule has 32 heavy (non-hydrogen) atoms. The Labute approximate surface area is 185 Å². The summed E-state index contributed by atoms with van der Waals surface area (Å²) in [4.78, 5) is 19.4. The number of carbonyl (C=O) groups excluding carboxylic acids is 1. The highest BCUT2D eigenvalue weighted by Gasteiger charge is 2.29. The molecule has 3 aromatic carbocycles. The average Bonchev–Trinajstić information content (AvgIpc) is 3.38. The van der Waals surface area contributed by atoms with Crippen LogP contribution in [0.15, 0.2) is 77.7 Å². The van der Waals surface area contributed by atoms with Gasteiger partial charge in [-0.15, -0.1) is 0 Å². The zero-order valence-electron chi connectivity index (χ0n) is 17.2. The van der Waals surface area contributed by atoms with Crippen molar-refractivity contribution in [2.45, 2.75) is 11.4 Å². The van der Waals surface area contributed by atoms with Crippen LogP contribution in [0.5, 0.6) is 5.75 Å². The van der Waals surface area contributed by atoms with Crippen molar-refractivity contribution in [3.05, 3.63) is 78.4 Å². The Morgan fingerprint density at radius 3 is 2.56 bits per heavy atom. The van der Waals surface area contributed by atoms with Crippen LogP contribution >= 0.6 is 0 Å². The lowest BCUT2D eigenvalue weighted by atomic mass is 10.2. The summed E-state index contributed by atoms with van der Waals surface area (Å²) in [5, 5.41) is 0. The van der Waals surface area contributed by atoms with Crippen LogP contribution < -0.4 is 14.4 Å². The van der Waals surface area contributed by atoms with Crippen LogP contribution in [-0.2, 0) is 16.6 Å². The maximum absolute atomic E-state index is 13.2. The smallest absolute Gasteiger partial charge is 0.261 e. The Kier molecular flexibility index (Phi) is 4.82. The standard InChI is InChI=1S/C23H20N4O4S/c1-31-18-11-9-17(10-12-18)25-32(29,30)19-6-4-5-16(15-19)22(28)27-14-13-26-21-8-3-2-7-20(21)24-23(26)27/h2-12,15,25H,13-14H2,1H3. The number of carbonyl (C=O) groups is 1. The first-order valence-corrected chi connectivity index (χ1v) is 11.5. The molecule has 1 aliphatic heterocycles. The van der Waals surface area contributed by atoms with E-state index in [2.05, 4.69) is 9.71 Å². The summed E-state index contributed by atoms with van der Waals surface area (Å²) >= 11 is 0. The number of nitrogens with zero attached hydrogens (tertiary/aromatic N) is 3. The van der Waals surface area contributed by atoms with E-state index < -0.39 is 10.0 Å². The van der Waals surface area contributed by atoms with E-state index in [9.17, 15) is 13.2 Å². The van der Waals surface area contributed by atoms with Gasteiger partial charge in [-0.3, -0.25) is 14.4 Å². The number of rotatable bonds is 5. The van der Waals surface area contributed by atoms with E-state index in [-0.39, 0.29) is 16.4 Å². The molecule has 4 aromatic rings. The Morgan fingerprint density at radius 2 is 1.78 bits per heavy atom. The van der Waals surface area contributed by atoms with Crippen molar-refractivity contribution >= 4 is 38.6 Å². The quantitative estimate of drug-likeness (QED) is 0.504. The molecule has 0 atom stereocenters. The third-order valence-electron chi connectivity index (χ3n) is 5.40. The maximum Gasteiger partial charge on any atom is 0.261 e. The summed E-state index contributed by atoms with van der Waals surface area (Å²) < 4.78 is 35.4. The van der Waals surface area contributed by atoms with E-state index in [1.807, 2.05) is 28.8 Å². The van der Waals surface area contributed by atoms with Gasteiger partial charge in [-0.25, -0.2) is 13.4 Å². The number of para-hydroxylation sites is 2. The van der Waals surface area contributed by atoms with Crippen molar-refractivity contribution in [3.8, 4) is 5.75 Å². The fraction of sp³-hybridized carbons (Fsp3) is 0.130. The highest BCUT2D eigenvalue weighted by molar-refractivity contribution is 7.92. The number of ether oxygens (including phenoxy) is 1. The molecule has 162 valence electrons.